The Labute approximate surface area is 132 Å². The molecular formula is C13H17BrN4O2S. The van der Waals surface area contributed by atoms with Gasteiger partial charge >= 0.3 is 0 Å². The van der Waals surface area contributed by atoms with Gasteiger partial charge in [0.2, 0.25) is 0 Å². The average molecular weight is 373 g/mol. The predicted molar refractivity (Wildman–Crippen MR) is 85.5 cm³/mol. The summed E-state index contributed by atoms with van der Waals surface area (Å²) in [6, 6.07) is 5.03. The molecule has 2 heterocycles. The van der Waals surface area contributed by atoms with E-state index in [0.29, 0.717) is 0 Å². The summed E-state index contributed by atoms with van der Waals surface area (Å²) in [5.74, 6) is 0.268. The van der Waals surface area contributed by atoms with Crippen LogP contribution in [0.25, 0.3) is 0 Å². The Kier molecular flexibility index (Phi) is 4.70. The molecule has 0 unspecified atom stereocenters. The van der Waals surface area contributed by atoms with Gasteiger partial charge in [0, 0.05) is 35.1 Å². The van der Waals surface area contributed by atoms with E-state index in [2.05, 4.69) is 25.6 Å². The molecule has 8 heteroatoms. The summed E-state index contributed by atoms with van der Waals surface area (Å²) >= 11 is 3.25. The van der Waals surface area contributed by atoms with Crippen molar-refractivity contribution >= 4 is 31.8 Å². The normalized spacial score (nSPS) is 11.9. The number of hydrogen-bond donors (Lipinski definition) is 2. The van der Waals surface area contributed by atoms with Crippen LogP contribution in [-0.2, 0) is 16.6 Å². The Morgan fingerprint density at radius 2 is 2.14 bits per heavy atom. The number of rotatable bonds is 5. The molecule has 2 aromatic rings. The van der Waals surface area contributed by atoms with Gasteiger partial charge in [0.15, 0.2) is 0 Å². The van der Waals surface area contributed by atoms with Gasteiger partial charge in [-0.05, 0) is 48.0 Å². The molecule has 0 saturated heterocycles. The molecule has 6 nitrogen and oxygen atoms in total. The molecule has 0 aliphatic rings. The summed E-state index contributed by atoms with van der Waals surface area (Å²) in [4.78, 5) is 4.19. The zero-order valence-corrected chi connectivity index (χ0v) is 14.1. The molecule has 0 bridgehead atoms. The first-order valence-corrected chi connectivity index (χ1v) is 8.66. The Morgan fingerprint density at radius 3 is 2.62 bits per heavy atom. The number of nitrogens with zero attached hydrogens (tertiary/aromatic N) is 2. The molecule has 114 valence electrons. The van der Waals surface area contributed by atoms with Crippen molar-refractivity contribution in [3.8, 4) is 0 Å². The first-order valence-electron chi connectivity index (χ1n) is 6.38. The number of anilines is 1. The van der Waals surface area contributed by atoms with Crippen LogP contribution in [-0.4, -0.2) is 18.0 Å². The number of halogens is 1. The van der Waals surface area contributed by atoms with Crippen molar-refractivity contribution in [1.82, 2.24) is 9.55 Å². The fourth-order valence-electron chi connectivity index (χ4n) is 1.92. The highest BCUT2D eigenvalue weighted by Crippen LogP contribution is 2.21. The zero-order valence-electron chi connectivity index (χ0n) is 11.7. The van der Waals surface area contributed by atoms with E-state index in [-0.39, 0.29) is 23.3 Å². The van der Waals surface area contributed by atoms with Gasteiger partial charge in [0.05, 0.1) is 0 Å². The monoisotopic (exact) mass is 372 g/mol. The van der Waals surface area contributed by atoms with E-state index >= 15 is 0 Å². The molecule has 0 fully saturated rings. The summed E-state index contributed by atoms with van der Waals surface area (Å²) in [7, 11) is -3.68. The Hall–Kier alpha value is -1.38. The lowest BCUT2D eigenvalue weighted by Crippen LogP contribution is -2.13. The van der Waals surface area contributed by atoms with Gasteiger partial charge in [-0.1, -0.05) is 0 Å². The first-order chi connectivity index (χ1) is 9.83. The number of aromatic nitrogens is 2. The third-order valence-electron chi connectivity index (χ3n) is 2.95. The van der Waals surface area contributed by atoms with Gasteiger partial charge in [-0.25, -0.2) is 13.4 Å². The van der Waals surface area contributed by atoms with Crippen LogP contribution in [0.5, 0.6) is 0 Å². The molecule has 0 aliphatic carbocycles. The molecule has 2 rings (SSSR count). The lowest BCUT2D eigenvalue weighted by molar-refractivity contribution is 0.573. The minimum Gasteiger partial charge on any atom is -0.346 e. The first kappa shape index (κ1) is 16.0. The second-order valence-electron chi connectivity index (χ2n) is 4.84. The number of nitrogens with one attached hydrogen (secondary N) is 1. The van der Waals surface area contributed by atoms with Gasteiger partial charge in [-0.15, -0.1) is 0 Å². The molecule has 2 aromatic heterocycles. The number of sulfonamides is 1. The van der Waals surface area contributed by atoms with Gasteiger partial charge in [0.1, 0.15) is 10.7 Å². The van der Waals surface area contributed by atoms with Crippen molar-refractivity contribution in [2.75, 3.05) is 4.72 Å². The second kappa shape index (κ2) is 6.17. The van der Waals surface area contributed by atoms with Gasteiger partial charge in [-0.2, -0.15) is 0 Å². The molecule has 0 aliphatic heterocycles. The molecule has 3 N–H and O–H groups in total. The van der Waals surface area contributed by atoms with Crippen LogP contribution < -0.4 is 10.5 Å². The maximum absolute atomic E-state index is 12.4. The van der Waals surface area contributed by atoms with Gasteiger partial charge in [0.25, 0.3) is 10.0 Å². The minimum atomic E-state index is -3.68. The summed E-state index contributed by atoms with van der Waals surface area (Å²) < 4.78 is 29.8. The van der Waals surface area contributed by atoms with Crippen LogP contribution in [0.2, 0.25) is 0 Å². The van der Waals surface area contributed by atoms with E-state index in [1.165, 1.54) is 6.20 Å². The quantitative estimate of drug-likeness (QED) is 0.843. The molecule has 0 amide bonds. The van der Waals surface area contributed by atoms with Gasteiger partial charge in [-0.3, -0.25) is 4.72 Å². The number of pyridine rings is 1. The zero-order chi connectivity index (χ0) is 15.6. The van der Waals surface area contributed by atoms with Crippen LogP contribution in [0.1, 0.15) is 25.6 Å². The largest absolute Gasteiger partial charge is 0.346 e. The van der Waals surface area contributed by atoms with E-state index in [4.69, 9.17) is 5.73 Å². The molecular weight excluding hydrogens is 356 g/mol. The van der Waals surface area contributed by atoms with Crippen LogP contribution in [0.15, 0.2) is 40.0 Å². The second-order valence-corrected chi connectivity index (χ2v) is 7.44. The highest BCUT2D eigenvalue weighted by atomic mass is 79.9. The molecule has 0 radical (unpaired) electrons. The van der Waals surface area contributed by atoms with E-state index in [0.717, 1.165) is 10.2 Å². The highest BCUT2D eigenvalue weighted by Gasteiger charge is 2.19. The summed E-state index contributed by atoms with van der Waals surface area (Å²) in [5.41, 5.74) is 6.43. The summed E-state index contributed by atoms with van der Waals surface area (Å²) in [6.07, 6.45) is 3.12. The van der Waals surface area contributed by atoms with Crippen molar-refractivity contribution in [3.63, 3.8) is 0 Å². The lowest BCUT2D eigenvalue weighted by Gasteiger charge is -2.10. The topological polar surface area (TPSA) is 90.0 Å². The van der Waals surface area contributed by atoms with E-state index in [1.807, 2.05) is 18.4 Å². The van der Waals surface area contributed by atoms with Crippen LogP contribution in [0.4, 0.5) is 5.82 Å². The van der Waals surface area contributed by atoms with E-state index < -0.39 is 10.0 Å². The third kappa shape index (κ3) is 3.63. The van der Waals surface area contributed by atoms with Crippen LogP contribution >= 0.6 is 15.9 Å². The van der Waals surface area contributed by atoms with Crippen molar-refractivity contribution in [1.29, 1.82) is 0 Å². The van der Waals surface area contributed by atoms with E-state index in [1.54, 1.807) is 24.4 Å². The van der Waals surface area contributed by atoms with Crippen molar-refractivity contribution < 1.29 is 8.42 Å². The highest BCUT2D eigenvalue weighted by molar-refractivity contribution is 9.10. The molecule has 21 heavy (non-hydrogen) atoms. The summed E-state index contributed by atoms with van der Waals surface area (Å²) in [6.45, 7) is 4.22. The maximum atomic E-state index is 12.4. The van der Waals surface area contributed by atoms with Crippen molar-refractivity contribution in [2.45, 2.75) is 31.3 Å². The smallest absolute Gasteiger partial charge is 0.264 e. The average Bonchev–Trinajstić information content (AvgIpc) is 2.86. The number of hydrogen-bond acceptors (Lipinski definition) is 4. The third-order valence-corrected chi connectivity index (χ3v) is 4.74. The van der Waals surface area contributed by atoms with Crippen LogP contribution in [0.3, 0.4) is 0 Å². The fraction of sp³-hybridized carbons (Fsp3) is 0.308. The number of nitrogens with two attached hydrogens (primary N) is 1. The SMILES string of the molecule is CC(C)n1cc(S(=O)(=O)Nc2ccc(Br)cn2)cc1CN. The molecule has 0 atom stereocenters. The predicted octanol–water partition coefficient (Wildman–Crippen LogP) is 2.49. The standard InChI is InChI=1S/C13H17BrN4O2S/c1-9(2)18-8-12(5-11(18)6-15)21(19,20)17-13-4-3-10(14)7-16-13/h3-5,7-9H,6,15H2,1-2H3,(H,16,17). The Morgan fingerprint density at radius 1 is 1.43 bits per heavy atom. The van der Waals surface area contributed by atoms with E-state index in [9.17, 15) is 8.42 Å². The molecule has 0 saturated carbocycles. The lowest BCUT2D eigenvalue weighted by atomic mass is 10.3. The fourth-order valence-corrected chi connectivity index (χ4v) is 3.21. The van der Waals surface area contributed by atoms with Crippen molar-refractivity contribution in [2.24, 2.45) is 5.73 Å². The minimum absolute atomic E-state index is 0.137. The van der Waals surface area contributed by atoms with Gasteiger partial charge < -0.3 is 10.3 Å². The summed E-state index contributed by atoms with van der Waals surface area (Å²) in [5, 5.41) is 0. The van der Waals surface area contributed by atoms with Crippen LogP contribution in [0, 0.1) is 0 Å². The maximum Gasteiger partial charge on any atom is 0.264 e. The van der Waals surface area contributed by atoms with Crippen molar-refractivity contribution in [3.05, 3.63) is 40.8 Å². The Balaban J connectivity index is 2.33. The molecule has 0 aromatic carbocycles. The molecule has 0 spiro atoms. The Bertz CT molecular complexity index is 723.